The molecule has 2 heteroatoms. The third-order valence-electron chi connectivity index (χ3n) is 3.52. The molecular weight excluding hydrogens is 222 g/mol. The zero-order valence-corrected chi connectivity index (χ0v) is 10.3. The molecule has 1 aromatic heterocycles. The lowest BCUT2D eigenvalue weighted by Crippen LogP contribution is -2.02. The number of hydrogen-bond donors (Lipinski definition) is 1. The molecule has 1 aliphatic carbocycles. The van der Waals surface area contributed by atoms with Crippen LogP contribution in [-0.4, -0.2) is 10.1 Å². The van der Waals surface area contributed by atoms with Crippen molar-refractivity contribution in [2.45, 2.75) is 31.3 Å². The summed E-state index contributed by atoms with van der Waals surface area (Å²) in [5.74, 6) is 0.773. The van der Waals surface area contributed by atoms with Crippen molar-refractivity contribution in [1.29, 1.82) is 0 Å². The van der Waals surface area contributed by atoms with Gasteiger partial charge in [0.15, 0.2) is 0 Å². The van der Waals surface area contributed by atoms with Crippen LogP contribution in [0.1, 0.15) is 41.6 Å². The third kappa shape index (κ3) is 2.59. The molecule has 1 aromatic carbocycles. The van der Waals surface area contributed by atoms with Crippen LogP contribution in [0.2, 0.25) is 0 Å². The van der Waals surface area contributed by atoms with Gasteiger partial charge in [0.25, 0.3) is 0 Å². The molecule has 0 bridgehead atoms. The van der Waals surface area contributed by atoms with Crippen LogP contribution >= 0.6 is 0 Å². The summed E-state index contributed by atoms with van der Waals surface area (Å²) in [6.45, 7) is 0. The van der Waals surface area contributed by atoms with E-state index in [1.807, 2.05) is 18.3 Å². The Bertz CT molecular complexity index is 502. The van der Waals surface area contributed by atoms with E-state index in [0.717, 1.165) is 17.0 Å². The van der Waals surface area contributed by atoms with E-state index < -0.39 is 6.10 Å². The lowest BCUT2D eigenvalue weighted by atomic mass is 10.0. The molecule has 0 spiro atoms. The molecule has 2 nitrogen and oxygen atoms in total. The topological polar surface area (TPSA) is 33.1 Å². The molecule has 1 fully saturated rings. The molecule has 1 atom stereocenters. The second kappa shape index (κ2) is 4.91. The number of aliphatic hydroxyl groups excluding tert-OH is 1. The van der Waals surface area contributed by atoms with Crippen LogP contribution in [0.15, 0.2) is 48.8 Å². The van der Waals surface area contributed by atoms with Crippen molar-refractivity contribution in [3.8, 4) is 0 Å². The Morgan fingerprint density at radius 1 is 1.17 bits per heavy atom. The first-order valence-electron chi connectivity index (χ1n) is 6.50. The molecule has 1 unspecified atom stereocenters. The fourth-order valence-corrected chi connectivity index (χ4v) is 2.27. The molecule has 1 N–H and O–H groups in total. The molecule has 3 rings (SSSR count). The van der Waals surface area contributed by atoms with Gasteiger partial charge < -0.3 is 5.11 Å². The minimum atomic E-state index is -0.442. The van der Waals surface area contributed by atoms with E-state index in [0.29, 0.717) is 6.42 Å². The fourth-order valence-electron chi connectivity index (χ4n) is 2.27. The van der Waals surface area contributed by atoms with Crippen LogP contribution in [-0.2, 0) is 6.42 Å². The van der Waals surface area contributed by atoms with Gasteiger partial charge in [-0.25, -0.2) is 0 Å². The lowest BCUT2D eigenvalue weighted by Gasteiger charge is -2.11. The first-order valence-corrected chi connectivity index (χ1v) is 6.50. The predicted octanol–water partition coefficient (Wildman–Crippen LogP) is 3.24. The van der Waals surface area contributed by atoms with Crippen LogP contribution in [0.25, 0.3) is 0 Å². The number of aliphatic hydroxyl groups is 1. The normalized spacial score (nSPS) is 16.5. The Morgan fingerprint density at radius 2 is 1.94 bits per heavy atom. The molecule has 0 aliphatic heterocycles. The molecule has 1 saturated carbocycles. The summed E-state index contributed by atoms with van der Waals surface area (Å²) in [4.78, 5) is 4.07. The molecule has 18 heavy (non-hydrogen) atoms. The average molecular weight is 239 g/mol. The molecule has 0 amide bonds. The average Bonchev–Trinajstić information content (AvgIpc) is 3.24. The van der Waals surface area contributed by atoms with E-state index in [-0.39, 0.29) is 0 Å². The zero-order valence-electron chi connectivity index (χ0n) is 10.3. The summed E-state index contributed by atoms with van der Waals surface area (Å²) in [5.41, 5.74) is 3.46. The van der Waals surface area contributed by atoms with Gasteiger partial charge in [-0.3, -0.25) is 4.98 Å². The van der Waals surface area contributed by atoms with E-state index >= 15 is 0 Å². The Labute approximate surface area is 107 Å². The lowest BCUT2D eigenvalue weighted by molar-refractivity contribution is 0.178. The minimum Gasteiger partial charge on any atom is -0.388 e. The van der Waals surface area contributed by atoms with E-state index in [9.17, 15) is 5.11 Å². The van der Waals surface area contributed by atoms with Gasteiger partial charge in [-0.15, -0.1) is 0 Å². The van der Waals surface area contributed by atoms with Crippen LogP contribution in [0, 0.1) is 0 Å². The van der Waals surface area contributed by atoms with Gasteiger partial charge >= 0.3 is 0 Å². The van der Waals surface area contributed by atoms with Gasteiger partial charge in [0.2, 0.25) is 0 Å². The number of rotatable bonds is 4. The standard InChI is InChI=1S/C16H17NO/c18-16(10-12-2-1-9-17-11-12)15-7-5-14(6-8-15)13-3-4-13/h1-2,5-9,11,13,16,18H,3-4,10H2. The van der Waals surface area contributed by atoms with Crippen LogP contribution in [0.5, 0.6) is 0 Å². The van der Waals surface area contributed by atoms with Crippen LogP contribution < -0.4 is 0 Å². The second-order valence-corrected chi connectivity index (χ2v) is 5.02. The molecular formula is C16H17NO. The Hall–Kier alpha value is -1.67. The maximum absolute atomic E-state index is 10.2. The maximum atomic E-state index is 10.2. The van der Waals surface area contributed by atoms with Crippen molar-refractivity contribution in [2.75, 3.05) is 0 Å². The van der Waals surface area contributed by atoms with E-state index in [4.69, 9.17) is 0 Å². The summed E-state index contributed by atoms with van der Waals surface area (Å²) in [6, 6.07) is 12.3. The second-order valence-electron chi connectivity index (χ2n) is 5.02. The molecule has 1 aliphatic rings. The summed E-state index contributed by atoms with van der Waals surface area (Å²) in [5, 5.41) is 10.2. The predicted molar refractivity (Wildman–Crippen MR) is 71.3 cm³/mol. The summed E-state index contributed by atoms with van der Waals surface area (Å²) in [6.07, 6.45) is 6.37. The first-order chi connectivity index (χ1) is 8.83. The quantitative estimate of drug-likeness (QED) is 0.888. The van der Waals surface area contributed by atoms with Gasteiger partial charge in [-0.1, -0.05) is 30.3 Å². The fraction of sp³-hybridized carbons (Fsp3) is 0.312. The van der Waals surface area contributed by atoms with Crippen molar-refractivity contribution in [2.24, 2.45) is 0 Å². The summed E-state index contributed by atoms with van der Waals surface area (Å²) < 4.78 is 0. The van der Waals surface area contributed by atoms with Gasteiger partial charge in [0, 0.05) is 18.8 Å². The highest BCUT2D eigenvalue weighted by molar-refractivity contribution is 5.29. The third-order valence-corrected chi connectivity index (χ3v) is 3.52. The maximum Gasteiger partial charge on any atom is 0.0830 e. The molecule has 0 saturated heterocycles. The van der Waals surface area contributed by atoms with Crippen molar-refractivity contribution >= 4 is 0 Å². The Kier molecular flexibility index (Phi) is 3.11. The number of aromatic nitrogens is 1. The van der Waals surface area contributed by atoms with Crippen molar-refractivity contribution in [1.82, 2.24) is 4.98 Å². The zero-order chi connectivity index (χ0) is 12.4. The van der Waals surface area contributed by atoms with Gasteiger partial charge in [-0.2, -0.15) is 0 Å². The van der Waals surface area contributed by atoms with Gasteiger partial charge in [0.1, 0.15) is 0 Å². The molecule has 1 heterocycles. The van der Waals surface area contributed by atoms with Gasteiger partial charge in [-0.05, 0) is 41.5 Å². The van der Waals surface area contributed by atoms with Crippen molar-refractivity contribution in [3.63, 3.8) is 0 Å². The highest BCUT2D eigenvalue weighted by Crippen LogP contribution is 2.40. The molecule has 2 aromatic rings. The molecule has 92 valence electrons. The smallest absolute Gasteiger partial charge is 0.0830 e. The van der Waals surface area contributed by atoms with Gasteiger partial charge in [0.05, 0.1) is 6.10 Å². The largest absolute Gasteiger partial charge is 0.388 e. The number of nitrogens with zero attached hydrogens (tertiary/aromatic N) is 1. The molecule has 0 radical (unpaired) electrons. The van der Waals surface area contributed by atoms with Crippen molar-refractivity contribution < 1.29 is 5.11 Å². The first kappa shape index (κ1) is 11.4. The van der Waals surface area contributed by atoms with E-state index in [1.165, 1.54) is 18.4 Å². The SMILES string of the molecule is OC(Cc1cccnc1)c1ccc(C2CC2)cc1. The van der Waals surface area contributed by atoms with E-state index in [2.05, 4.69) is 29.2 Å². The number of pyridine rings is 1. The Balaban J connectivity index is 1.69. The number of hydrogen-bond acceptors (Lipinski definition) is 2. The highest BCUT2D eigenvalue weighted by Gasteiger charge is 2.23. The summed E-state index contributed by atoms with van der Waals surface area (Å²) in [7, 11) is 0. The monoisotopic (exact) mass is 239 g/mol. The Morgan fingerprint density at radius 3 is 2.56 bits per heavy atom. The van der Waals surface area contributed by atoms with Crippen LogP contribution in [0.3, 0.4) is 0 Å². The minimum absolute atomic E-state index is 0.442. The summed E-state index contributed by atoms with van der Waals surface area (Å²) >= 11 is 0. The number of benzene rings is 1. The highest BCUT2D eigenvalue weighted by atomic mass is 16.3. The van der Waals surface area contributed by atoms with Crippen molar-refractivity contribution in [3.05, 3.63) is 65.5 Å². The van der Waals surface area contributed by atoms with Crippen LogP contribution in [0.4, 0.5) is 0 Å². The van der Waals surface area contributed by atoms with E-state index in [1.54, 1.807) is 6.20 Å².